The number of benzene rings is 1. The molecule has 2 fully saturated rings. The van der Waals surface area contributed by atoms with Gasteiger partial charge < -0.3 is 15.3 Å². The third kappa shape index (κ3) is 4.12. The Bertz CT molecular complexity index is 579. The minimum absolute atomic E-state index is 0.0136. The normalized spacial score (nSPS) is 27.5. The molecule has 2 amide bonds. The van der Waals surface area contributed by atoms with Gasteiger partial charge in [0.1, 0.15) is 5.82 Å². The van der Waals surface area contributed by atoms with Gasteiger partial charge in [0, 0.05) is 25.7 Å². The Labute approximate surface area is 148 Å². The predicted octanol–water partition coefficient (Wildman–Crippen LogP) is 2.52. The monoisotopic (exact) mass is 349 g/mol. The quantitative estimate of drug-likeness (QED) is 0.878. The van der Waals surface area contributed by atoms with E-state index in [1.54, 1.807) is 12.1 Å². The summed E-state index contributed by atoms with van der Waals surface area (Å²) in [5, 5.41) is 12.5. The van der Waals surface area contributed by atoms with Crippen LogP contribution in [0.4, 0.5) is 9.18 Å². The summed E-state index contributed by atoms with van der Waals surface area (Å²) in [5.74, 6) is -0.245. The summed E-state index contributed by atoms with van der Waals surface area (Å²) >= 11 is 0. The molecule has 6 heteroatoms. The highest BCUT2D eigenvalue weighted by Gasteiger charge is 2.36. The molecule has 138 valence electrons. The average Bonchev–Trinajstić information content (AvgIpc) is 2.97. The Morgan fingerprint density at radius 2 is 2.00 bits per heavy atom. The molecular weight excluding hydrogens is 321 g/mol. The number of nitrogens with one attached hydrogen (secondary N) is 1. The second kappa shape index (κ2) is 8.15. The number of likely N-dealkylation sites (N-methyl/N-ethyl adjacent to an activating group) is 1. The number of carbonyl (C=O) groups is 1. The molecule has 0 aromatic heterocycles. The molecule has 0 spiro atoms. The number of amides is 2. The van der Waals surface area contributed by atoms with Crippen molar-refractivity contribution in [3.63, 3.8) is 0 Å². The van der Waals surface area contributed by atoms with Crippen LogP contribution < -0.4 is 5.32 Å². The van der Waals surface area contributed by atoms with Crippen LogP contribution in [0.3, 0.4) is 0 Å². The van der Waals surface area contributed by atoms with Crippen LogP contribution >= 0.6 is 0 Å². The first-order valence-corrected chi connectivity index (χ1v) is 9.24. The Morgan fingerprint density at radius 1 is 1.24 bits per heavy atom. The molecule has 2 heterocycles. The SMILES string of the molecule is CN1CC[C@H](NC(=O)N2CCCC[C@H]2CCO)[C@@H]1c1ccc(F)cc1. The van der Waals surface area contributed by atoms with Crippen LogP contribution in [0.2, 0.25) is 0 Å². The number of aliphatic hydroxyl groups excluding tert-OH is 1. The number of piperidine rings is 1. The Kier molecular flexibility index (Phi) is 5.91. The Balaban J connectivity index is 1.69. The van der Waals surface area contributed by atoms with Gasteiger partial charge in [0.2, 0.25) is 0 Å². The minimum atomic E-state index is -0.245. The van der Waals surface area contributed by atoms with Gasteiger partial charge in [-0.2, -0.15) is 0 Å². The van der Waals surface area contributed by atoms with Crippen LogP contribution in [0.1, 0.15) is 43.7 Å². The maximum atomic E-state index is 13.2. The average molecular weight is 349 g/mol. The Hall–Kier alpha value is -1.66. The zero-order valence-corrected chi connectivity index (χ0v) is 14.8. The number of halogens is 1. The molecule has 1 aromatic rings. The van der Waals surface area contributed by atoms with Crippen molar-refractivity contribution in [2.75, 3.05) is 26.7 Å². The van der Waals surface area contributed by atoms with Crippen LogP contribution in [-0.2, 0) is 0 Å². The lowest BCUT2D eigenvalue weighted by Gasteiger charge is -2.37. The van der Waals surface area contributed by atoms with E-state index >= 15 is 0 Å². The largest absolute Gasteiger partial charge is 0.396 e. The van der Waals surface area contributed by atoms with Crippen LogP contribution in [0.5, 0.6) is 0 Å². The zero-order chi connectivity index (χ0) is 17.8. The summed E-state index contributed by atoms with van der Waals surface area (Å²) in [7, 11) is 2.04. The van der Waals surface area contributed by atoms with Crippen LogP contribution in [-0.4, -0.2) is 59.8 Å². The molecule has 2 saturated heterocycles. The smallest absolute Gasteiger partial charge is 0.317 e. The van der Waals surface area contributed by atoms with E-state index < -0.39 is 0 Å². The van der Waals surface area contributed by atoms with E-state index in [-0.39, 0.29) is 36.6 Å². The molecule has 2 aliphatic heterocycles. The molecule has 3 rings (SSSR count). The number of urea groups is 1. The third-order valence-electron chi connectivity index (χ3n) is 5.52. The van der Waals surface area contributed by atoms with Gasteiger partial charge in [0.05, 0.1) is 12.1 Å². The summed E-state index contributed by atoms with van der Waals surface area (Å²) in [4.78, 5) is 16.9. The van der Waals surface area contributed by atoms with Gasteiger partial charge in [-0.15, -0.1) is 0 Å². The van der Waals surface area contributed by atoms with Gasteiger partial charge in [-0.05, 0) is 56.8 Å². The van der Waals surface area contributed by atoms with Crippen molar-refractivity contribution in [3.8, 4) is 0 Å². The number of rotatable bonds is 4. The lowest BCUT2D eigenvalue weighted by atomic mass is 9.99. The first-order valence-electron chi connectivity index (χ1n) is 9.24. The van der Waals surface area contributed by atoms with Crippen molar-refractivity contribution in [1.29, 1.82) is 0 Å². The second-order valence-corrected chi connectivity index (χ2v) is 7.18. The van der Waals surface area contributed by atoms with Crippen molar-refractivity contribution in [1.82, 2.24) is 15.1 Å². The lowest BCUT2D eigenvalue weighted by molar-refractivity contribution is 0.128. The number of hydrogen-bond acceptors (Lipinski definition) is 3. The molecule has 2 aliphatic rings. The summed E-state index contributed by atoms with van der Waals surface area (Å²) < 4.78 is 13.2. The number of nitrogens with zero attached hydrogens (tertiary/aromatic N) is 2. The molecule has 1 aromatic carbocycles. The fourth-order valence-electron chi connectivity index (χ4n) is 4.20. The molecule has 0 unspecified atom stereocenters. The summed E-state index contributed by atoms with van der Waals surface area (Å²) in [5.41, 5.74) is 1.03. The minimum Gasteiger partial charge on any atom is -0.396 e. The fraction of sp³-hybridized carbons (Fsp3) is 0.632. The van der Waals surface area contributed by atoms with Gasteiger partial charge in [-0.25, -0.2) is 9.18 Å². The van der Waals surface area contributed by atoms with Crippen molar-refractivity contribution in [3.05, 3.63) is 35.6 Å². The van der Waals surface area contributed by atoms with E-state index in [2.05, 4.69) is 10.2 Å². The molecule has 5 nitrogen and oxygen atoms in total. The molecule has 0 radical (unpaired) electrons. The fourth-order valence-corrected chi connectivity index (χ4v) is 4.20. The number of carbonyl (C=O) groups excluding carboxylic acids is 1. The topological polar surface area (TPSA) is 55.8 Å². The lowest BCUT2D eigenvalue weighted by Crippen LogP contribution is -2.52. The highest BCUT2D eigenvalue weighted by Crippen LogP contribution is 2.31. The first kappa shape index (κ1) is 18.1. The molecule has 0 saturated carbocycles. The number of hydrogen-bond donors (Lipinski definition) is 2. The van der Waals surface area contributed by atoms with Gasteiger partial charge in [0.25, 0.3) is 0 Å². The summed E-state index contributed by atoms with van der Waals surface area (Å²) in [6, 6.07) is 6.72. The predicted molar refractivity (Wildman–Crippen MR) is 94.8 cm³/mol. The van der Waals surface area contributed by atoms with Gasteiger partial charge in [-0.1, -0.05) is 12.1 Å². The second-order valence-electron chi connectivity index (χ2n) is 7.18. The standard InChI is InChI=1S/C19H28FN3O2/c1-22-12-9-17(18(22)14-5-7-15(20)8-6-14)21-19(25)23-11-3-2-4-16(23)10-13-24/h5-8,16-18,24H,2-4,9-13H2,1H3,(H,21,25)/t16-,17-,18-/m0/s1. The molecule has 3 atom stereocenters. The first-order chi connectivity index (χ1) is 12.1. The van der Waals surface area contributed by atoms with Crippen molar-refractivity contribution < 1.29 is 14.3 Å². The van der Waals surface area contributed by atoms with Crippen LogP contribution in [0, 0.1) is 5.82 Å². The number of aliphatic hydroxyl groups is 1. The van der Waals surface area contributed by atoms with Crippen molar-refractivity contribution in [2.45, 2.75) is 50.2 Å². The molecule has 2 N–H and O–H groups in total. The van der Waals surface area contributed by atoms with E-state index in [9.17, 15) is 14.3 Å². The summed E-state index contributed by atoms with van der Waals surface area (Å²) in [6.45, 7) is 1.76. The van der Waals surface area contributed by atoms with Crippen LogP contribution in [0.25, 0.3) is 0 Å². The van der Waals surface area contributed by atoms with Crippen LogP contribution in [0.15, 0.2) is 24.3 Å². The van der Waals surface area contributed by atoms with E-state index in [1.807, 2.05) is 11.9 Å². The van der Waals surface area contributed by atoms with Crippen molar-refractivity contribution in [2.24, 2.45) is 0 Å². The van der Waals surface area contributed by atoms with E-state index in [1.165, 1.54) is 12.1 Å². The molecule has 0 bridgehead atoms. The summed E-state index contributed by atoms with van der Waals surface area (Å²) in [6.07, 6.45) is 4.60. The van der Waals surface area contributed by atoms with E-state index in [0.29, 0.717) is 6.42 Å². The van der Waals surface area contributed by atoms with E-state index in [0.717, 1.165) is 44.3 Å². The molecule has 0 aliphatic carbocycles. The third-order valence-corrected chi connectivity index (χ3v) is 5.52. The highest BCUT2D eigenvalue weighted by atomic mass is 19.1. The van der Waals surface area contributed by atoms with Gasteiger partial charge >= 0.3 is 6.03 Å². The van der Waals surface area contributed by atoms with Gasteiger partial charge in [-0.3, -0.25) is 4.90 Å². The Morgan fingerprint density at radius 3 is 2.72 bits per heavy atom. The molecule has 25 heavy (non-hydrogen) atoms. The van der Waals surface area contributed by atoms with Crippen molar-refractivity contribution >= 4 is 6.03 Å². The van der Waals surface area contributed by atoms with Gasteiger partial charge in [0.15, 0.2) is 0 Å². The zero-order valence-electron chi connectivity index (χ0n) is 14.8. The maximum absolute atomic E-state index is 13.2. The van der Waals surface area contributed by atoms with E-state index in [4.69, 9.17) is 0 Å². The molecular formula is C19H28FN3O2. The number of likely N-dealkylation sites (tertiary alicyclic amines) is 2. The maximum Gasteiger partial charge on any atom is 0.317 e. The highest BCUT2D eigenvalue weighted by molar-refractivity contribution is 5.75.